The first kappa shape index (κ1) is 12.7. The molecule has 6 heteroatoms. The van der Waals surface area contributed by atoms with Crippen LogP contribution >= 0.6 is 0 Å². The zero-order valence-corrected chi connectivity index (χ0v) is 9.14. The van der Waals surface area contributed by atoms with Crippen molar-refractivity contribution in [1.82, 2.24) is 10.6 Å². The third-order valence-corrected chi connectivity index (χ3v) is 2.09. The molecule has 0 aliphatic carbocycles. The van der Waals surface area contributed by atoms with Crippen LogP contribution in [0.1, 0.15) is 11.6 Å². The smallest absolute Gasteiger partial charge is 0.330 e. The Balaban J connectivity index is 2.86. The van der Waals surface area contributed by atoms with E-state index in [1.807, 2.05) is 0 Å². The van der Waals surface area contributed by atoms with Gasteiger partial charge in [0.15, 0.2) is 6.04 Å². The van der Waals surface area contributed by atoms with Crippen molar-refractivity contribution in [3.05, 3.63) is 35.9 Å². The van der Waals surface area contributed by atoms with E-state index in [4.69, 9.17) is 5.11 Å². The highest BCUT2D eigenvalue weighted by atomic mass is 16.4. The van der Waals surface area contributed by atoms with Crippen LogP contribution in [0.25, 0.3) is 0 Å². The van der Waals surface area contributed by atoms with E-state index in [0.29, 0.717) is 5.56 Å². The van der Waals surface area contributed by atoms with Gasteiger partial charge in [0.2, 0.25) is 0 Å². The third-order valence-electron chi connectivity index (χ3n) is 2.09. The molecule has 0 aromatic heterocycles. The Bertz CT molecular complexity index is 430. The number of benzene rings is 1. The number of carbonyl (C=O) groups excluding carboxylic acids is 2. The zero-order chi connectivity index (χ0) is 12.8. The van der Waals surface area contributed by atoms with Crippen molar-refractivity contribution in [2.24, 2.45) is 0 Å². The predicted molar refractivity (Wildman–Crippen MR) is 59.0 cm³/mol. The van der Waals surface area contributed by atoms with E-state index in [-0.39, 0.29) is 0 Å². The number of carboxylic acid groups (broad SMARTS) is 1. The van der Waals surface area contributed by atoms with Crippen LogP contribution in [0.2, 0.25) is 0 Å². The van der Waals surface area contributed by atoms with E-state index in [1.54, 1.807) is 30.3 Å². The molecular formula is C11H12N2O4. The lowest BCUT2D eigenvalue weighted by atomic mass is 10.1. The minimum Gasteiger partial charge on any atom is -0.479 e. The fraction of sp³-hybridized carbons (Fsp3) is 0.182. The third kappa shape index (κ3) is 3.30. The summed E-state index contributed by atoms with van der Waals surface area (Å²) in [6, 6.07) is 6.91. The van der Waals surface area contributed by atoms with Gasteiger partial charge in [0, 0.05) is 7.05 Å². The Morgan fingerprint density at radius 2 is 1.71 bits per heavy atom. The average Bonchev–Trinajstić information content (AvgIpc) is 2.35. The maximum absolute atomic E-state index is 11.3. The van der Waals surface area contributed by atoms with Gasteiger partial charge < -0.3 is 15.7 Å². The average molecular weight is 236 g/mol. The fourth-order valence-electron chi connectivity index (χ4n) is 1.24. The fourth-order valence-corrected chi connectivity index (χ4v) is 1.24. The van der Waals surface area contributed by atoms with E-state index in [1.165, 1.54) is 7.05 Å². The molecular weight excluding hydrogens is 224 g/mol. The molecule has 17 heavy (non-hydrogen) atoms. The van der Waals surface area contributed by atoms with Gasteiger partial charge in [-0.05, 0) is 5.56 Å². The lowest BCUT2D eigenvalue weighted by Gasteiger charge is -2.13. The molecule has 0 fully saturated rings. The Hall–Kier alpha value is -2.37. The Morgan fingerprint density at radius 3 is 2.18 bits per heavy atom. The minimum atomic E-state index is -1.24. The van der Waals surface area contributed by atoms with Crippen molar-refractivity contribution in [3.8, 4) is 0 Å². The molecule has 1 atom stereocenters. The highest BCUT2D eigenvalue weighted by molar-refractivity contribution is 6.35. The molecule has 0 radical (unpaired) electrons. The topological polar surface area (TPSA) is 95.5 Å². The Morgan fingerprint density at radius 1 is 1.12 bits per heavy atom. The number of aliphatic carboxylic acids is 1. The number of hydrogen-bond acceptors (Lipinski definition) is 3. The standard InChI is InChI=1S/C11H12N2O4/c1-12-9(14)10(15)13-8(11(16)17)7-5-3-2-4-6-7/h2-6,8H,1H3,(H,12,14)(H,13,15)(H,16,17)/t8-/m1/s1. The largest absolute Gasteiger partial charge is 0.479 e. The summed E-state index contributed by atoms with van der Waals surface area (Å²) in [7, 11) is 1.29. The van der Waals surface area contributed by atoms with E-state index in [2.05, 4.69) is 10.6 Å². The van der Waals surface area contributed by atoms with Crippen LogP contribution in [0.5, 0.6) is 0 Å². The molecule has 0 aliphatic heterocycles. The number of likely N-dealkylation sites (N-methyl/N-ethyl adjacent to an activating group) is 1. The second-order valence-corrected chi connectivity index (χ2v) is 3.23. The molecule has 1 aromatic rings. The van der Waals surface area contributed by atoms with Crippen LogP contribution in [0.15, 0.2) is 30.3 Å². The van der Waals surface area contributed by atoms with Crippen LogP contribution < -0.4 is 10.6 Å². The number of hydrogen-bond donors (Lipinski definition) is 3. The van der Waals surface area contributed by atoms with Crippen LogP contribution in [0.4, 0.5) is 0 Å². The van der Waals surface area contributed by atoms with Gasteiger partial charge in [-0.1, -0.05) is 30.3 Å². The molecule has 0 unspecified atom stereocenters. The lowest BCUT2D eigenvalue weighted by molar-refractivity contribution is -0.144. The van der Waals surface area contributed by atoms with Crippen molar-refractivity contribution in [2.45, 2.75) is 6.04 Å². The van der Waals surface area contributed by atoms with Crippen molar-refractivity contribution in [1.29, 1.82) is 0 Å². The van der Waals surface area contributed by atoms with E-state index in [9.17, 15) is 14.4 Å². The van der Waals surface area contributed by atoms with Crippen molar-refractivity contribution in [2.75, 3.05) is 7.05 Å². The summed E-state index contributed by atoms with van der Waals surface area (Å²) in [4.78, 5) is 33.3. The van der Waals surface area contributed by atoms with Crippen molar-refractivity contribution in [3.63, 3.8) is 0 Å². The van der Waals surface area contributed by atoms with E-state index < -0.39 is 23.8 Å². The molecule has 3 N–H and O–H groups in total. The summed E-state index contributed by atoms with van der Waals surface area (Å²) in [5.74, 6) is -3.09. The highest BCUT2D eigenvalue weighted by Crippen LogP contribution is 2.12. The van der Waals surface area contributed by atoms with Crippen LogP contribution in [0, 0.1) is 0 Å². The maximum Gasteiger partial charge on any atom is 0.330 e. The summed E-state index contributed by atoms with van der Waals surface area (Å²) >= 11 is 0. The second kappa shape index (κ2) is 5.64. The molecule has 0 saturated heterocycles. The van der Waals surface area contributed by atoms with Gasteiger partial charge in [0.25, 0.3) is 0 Å². The lowest BCUT2D eigenvalue weighted by Crippen LogP contribution is -2.42. The summed E-state index contributed by atoms with van der Waals surface area (Å²) < 4.78 is 0. The van der Waals surface area contributed by atoms with Gasteiger partial charge in [0.05, 0.1) is 0 Å². The van der Waals surface area contributed by atoms with Crippen molar-refractivity contribution >= 4 is 17.8 Å². The predicted octanol–water partition coefficient (Wildman–Crippen LogP) is -0.325. The Kier molecular flexibility index (Phi) is 4.21. The monoisotopic (exact) mass is 236 g/mol. The number of carboxylic acids is 1. The molecule has 0 heterocycles. The van der Waals surface area contributed by atoms with Crippen LogP contribution in [0.3, 0.4) is 0 Å². The highest BCUT2D eigenvalue weighted by Gasteiger charge is 2.24. The van der Waals surface area contributed by atoms with Crippen molar-refractivity contribution < 1.29 is 19.5 Å². The van der Waals surface area contributed by atoms with Gasteiger partial charge >= 0.3 is 17.8 Å². The van der Waals surface area contributed by atoms with Gasteiger partial charge in [-0.2, -0.15) is 0 Å². The molecule has 0 aliphatic rings. The zero-order valence-electron chi connectivity index (χ0n) is 9.14. The number of nitrogens with one attached hydrogen (secondary N) is 2. The van der Waals surface area contributed by atoms with Crippen LogP contribution in [-0.2, 0) is 14.4 Å². The van der Waals surface area contributed by atoms with Gasteiger partial charge in [-0.15, -0.1) is 0 Å². The van der Waals surface area contributed by atoms with Crippen LogP contribution in [-0.4, -0.2) is 29.9 Å². The SMILES string of the molecule is CNC(=O)C(=O)N[C@@H](C(=O)O)c1ccccc1. The molecule has 1 rings (SSSR count). The molecule has 0 saturated carbocycles. The first-order valence-corrected chi connectivity index (χ1v) is 4.86. The molecule has 2 amide bonds. The minimum absolute atomic E-state index is 0.400. The number of rotatable bonds is 3. The summed E-state index contributed by atoms with van der Waals surface area (Å²) in [5, 5.41) is 13.2. The summed E-state index contributed by atoms with van der Waals surface area (Å²) in [6.07, 6.45) is 0. The first-order valence-electron chi connectivity index (χ1n) is 4.86. The molecule has 0 spiro atoms. The molecule has 90 valence electrons. The first-order chi connectivity index (χ1) is 8.06. The maximum atomic E-state index is 11.3. The van der Waals surface area contributed by atoms with Gasteiger partial charge in [-0.3, -0.25) is 9.59 Å². The molecule has 6 nitrogen and oxygen atoms in total. The normalized spacial score (nSPS) is 11.4. The molecule has 0 bridgehead atoms. The van der Waals surface area contributed by atoms with E-state index in [0.717, 1.165) is 0 Å². The Labute approximate surface area is 97.6 Å². The van der Waals surface area contributed by atoms with Gasteiger partial charge in [0.1, 0.15) is 0 Å². The summed E-state index contributed by atoms with van der Waals surface area (Å²) in [5.41, 5.74) is 0.400. The number of amides is 2. The molecule has 1 aromatic carbocycles. The van der Waals surface area contributed by atoms with Gasteiger partial charge in [-0.25, -0.2) is 4.79 Å². The van der Waals surface area contributed by atoms with E-state index >= 15 is 0 Å². The summed E-state index contributed by atoms with van der Waals surface area (Å²) in [6.45, 7) is 0. The number of carbonyl (C=O) groups is 3. The second-order valence-electron chi connectivity index (χ2n) is 3.23. The quantitative estimate of drug-likeness (QED) is 0.626.